The molecular weight excluding hydrogens is 293 g/mol. The Hall–Kier alpha value is -0.780. The minimum absolute atomic E-state index is 0.0235. The number of nitrogens with two attached hydrogens (primary N) is 1. The van der Waals surface area contributed by atoms with Crippen molar-refractivity contribution in [1.29, 1.82) is 0 Å². The zero-order chi connectivity index (χ0) is 10.7. The highest BCUT2D eigenvalue weighted by Gasteiger charge is 2.12. The van der Waals surface area contributed by atoms with E-state index >= 15 is 0 Å². The van der Waals surface area contributed by atoms with E-state index in [1.165, 1.54) is 6.92 Å². The molecule has 3 nitrogen and oxygen atoms in total. The van der Waals surface area contributed by atoms with Crippen molar-refractivity contribution in [2.45, 2.75) is 13.8 Å². The fraction of sp³-hybridized carbons (Fsp3) is 0.300. The van der Waals surface area contributed by atoms with Crippen molar-refractivity contribution < 1.29 is 9.53 Å². The Kier molecular flexibility index (Phi) is 3.74. The molecule has 0 radical (unpaired) electrons. The predicted octanol–water partition coefficient (Wildman–Crippen LogP) is 2.47. The lowest BCUT2D eigenvalue weighted by Crippen LogP contribution is -2.04. The minimum atomic E-state index is 0.0235. The maximum absolute atomic E-state index is 11.2. The summed E-state index contributed by atoms with van der Waals surface area (Å²) in [5.74, 6) is 0.635. The van der Waals surface area contributed by atoms with Crippen LogP contribution >= 0.6 is 22.6 Å². The summed E-state index contributed by atoms with van der Waals surface area (Å²) in [7, 11) is 0. The van der Waals surface area contributed by atoms with Crippen LogP contribution in [0.2, 0.25) is 0 Å². The summed E-state index contributed by atoms with van der Waals surface area (Å²) in [6.45, 7) is 3.96. The van der Waals surface area contributed by atoms with Crippen LogP contribution in [0.15, 0.2) is 12.1 Å². The lowest BCUT2D eigenvalue weighted by Gasteiger charge is -2.11. The zero-order valence-corrected chi connectivity index (χ0v) is 10.3. The van der Waals surface area contributed by atoms with Gasteiger partial charge >= 0.3 is 0 Å². The first-order valence-corrected chi connectivity index (χ1v) is 5.37. The molecular formula is C10H12INO2. The van der Waals surface area contributed by atoms with Gasteiger partial charge in [0, 0.05) is 5.56 Å². The number of ketones is 1. The first-order valence-electron chi connectivity index (χ1n) is 4.29. The van der Waals surface area contributed by atoms with Gasteiger partial charge in [-0.25, -0.2) is 0 Å². The molecule has 0 saturated carbocycles. The fourth-order valence-electron chi connectivity index (χ4n) is 1.13. The largest absolute Gasteiger partial charge is 0.491 e. The molecule has 0 aliphatic carbocycles. The molecule has 0 saturated heterocycles. The van der Waals surface area contributed by atoms with Crippen molar-refractivity contribution in [3.63, 3.8) is 0 Å². The van der Waals surface area contributed by atoms with E-state index in [2.05, 4.69) is 22.6 Å². The highest BCUT2D eigenvalue weighted by molar-refractivity contribution is 14.1. The monoisotopic (exact) mass is 305 g/mol. The summed E-state index contributed by atoms with van der Waals surface area (Å²) < 4.78 is 6.16. The molecule has 0 aliphatic heterocycles. The van der Waals surface area contributed by atoms with Gasteiger partial charge in [-0.2, -0.15) is 0 Å². The highest BCUT2D eigenvalue weighted by Crippen LogP contribution is 2.31. The summed E-state index contributed by atoms with van der Waals surface area (Å²) in [5.41, 5.74) is 6.96. The average Bonchev–Trinajstić information content (AvgIpc) is 2.11. The SMILES string of the molecule is CCOc1c(N)ccc(C(C)=O)c1I. The van der Waals surface area contributed by atoms with Gasteiger partial charge in [0.15, 0.2) is 11.5 Å². The van der Waals surface area contributed by atoms with E-state index in [4.69, 9.17) is 10.5 Å². The maximum atomic E-state index is 11.2. The van der Waals surface area contributed by atoms with Gasteiger partial charge in [0.1, 0.15) is 0 Å². The molecule has 0 bridgehead atoms. The number of ether oxygens (including phenoxy) is 1. The van der Waals surface area contributed by atoms with Crippen LogP contribution in [0.1, 0.15) is 24.2 Å². The number of rotatable bonds is 3. The topological polar surface area (TPSA) is 52.3 Å². The third kappa shape index (κ3) is 2.17. The van der Waals surface area contributed by atoms with E-state index in [1.807, 2.05) is 6.92 Å². The quantitative estimate of drug-likeness (QED) is 0.530. The number of anilines is 1. The molecule has 0 spiro atoms. The second-order valence-electron chi connectivity index (χ2n) is 2.83. The van der Waals surface area contributed by atoms with E-state index < -0.39 is 0 Å². The summed E-state index contributed by atoms with van der Waals surface area (Å²) in [4.78, 5) is 11.2. The summed E-state index contributed by atoms with van der Waals surface area (Å²) in [6.07, 6.45) is 0. The minimum Gasteiger partial charge on any atom is -0.491 e. The fourth-order valence-corrected chi connectivity index (χ4v) is 2.16. The lowest BCUT2D eigenvalue weighted by atomic mass is 10.1. The molecule has 2 N–H and O–H groups in total. The molecule has 0 heterocycles. The van der Waals surface area contributed by atoms with Crippen molar-refractivity contribution in [3.8, 4) is 5.75 Å². The van der Waals surface area contributed by atoms with E-state index in [9.17, 15) is 4.79 Å². The van der Waals surface area contributed by atoms with Crippen molar-refractivity contribution >= 4 is 34.1 Å². The van der Waals surface area contributed by atoms with Crippen LogP contribution in [0.5, 0.6) is 5.75 Å². The Morgan fingerprint density at radius 3 is 2.71 bits per heavy atom. The molecule has 0 aliphatic rings. The first-order chi connectivity index (χ1) is 6.57. The summed E-state index contributed by atoms with van der Waals surface area (Å²) in [6, 6.07) is 3.42. The van der Waals surface area contributed by atoms with E-state index in [1.54, 1.807) is 12.1 Å². The molecule has 4 heteroatoms. The number of nitrogen functional groups attached to an aromatic ring is 1. The molecule has 0 atom stereocenters. The number of hydrogen-bond donors (Lipinski definition) is 1. The second-order valence-corrected chi connectivity index (χ2v) is 3.91. The van der Waals surface area contributed by atoms with Crippen LogP contribution in [-0.4, -0.2) is 12.4 Å². The van der Waals surface area contributed by atoms with E-state index in [0.29, 0.717) is 23.6 Å². The van der Waals surface area contributed by atoms with E-state index in [-0.39, 0.29) is 5.78 Å². The van der Waals surface area contributed by atoms with Gasteiger partial charge in [0.05, 0.1) is 15.9 Å². The van der Waals surface area contributed by atoms with Crippen LogP contribution in [0.25, 0.3) is 0 Å². The molecule has 14 heavy (non-hydrogen) atoms. The molecule has 1 aromatic rings. The second kappa shape index (κ2) is 4.63. The number of hydrogen-bond acceptors (Lipinski definition) is 3. The van der Waals surface area contributed by atoms with Crippen molar-refractivity contribution in [3.05, 3.63) is 21.3 Å². The zero-order valence-electron chi connectivity index (χ0n) is 8.13. The molecule has 1 rings (SSSR count). The van der Waals surface area contributed by atoms with Crippen molar-refractivity contribution in [2.75, 3.05) is 12.3 Å². The number of benzene rings is 1. The van der Waals surface area contributed by atoms with Crippen molar-refractivity contribution in [1.82, 2.24) is 0 Å². The van der Waals surface area contributed by atoms with Crippen LogP contribution in [0, 0.1) is 3.57 Å². The van der Waals surface area contributed by atoms with Gasteiger partial charge < -0.3 is 10.5 Å². The number of halogens is 1. The van der Waals surface area contributed by atoms with Gasteiger partial charge in [0.25, 0.3) is 0 Å². The Morgan fingerprint density at radius 2 is 2.21 bits per heavy atom. The Bertz CT molecular complexity index is 363. The number of carbonyl (C=O) groups excluding carboxylic acids is 1. The maximum Gasteiger partial charge on any atom is 0.161 e. The molecule has 0 aromatic heterocycles. The molecule has 0 unspecified atom stereocenters. The first kappa shape index (κ1) is 11.3. The molecule has 0 amide bonds. The normalized spacial score (nSPS) is 9.93. The van der Waals surface area contributed by atoms with E-state index in [0.717, 1.165) is 3.57 Å². The Balaban J connectivity index is 3.26. The Morgan fingerprint density at radius 1 is 1.57 bits per heavy atom. The highest BCUT2D eigenvalue weighted by atomic mass is 127. The molecule has 76 valence electrons. The average molecular weight is 305 g/mol. The van der Waals surface area contributed by atoms with Gasteiger partial charge in [-0.3, -0.25) is 4.79 Å². The third-order valence-corrected chi connectivity index (χ3v) is 2.87. The third-order valence-electron chi connectivity index (χ3n) is 1.80. The molecule has 1 aromatic carbocycles. The van der Waals surface area contributed by atoms with Crippen LogP contribution in [-0.2, 0) is 0 Å². The van der Waals surface area contributed by atoms with Gasteiger partial charge in [0.2, 0.25) is 0 Å². The van der Waals surface area contributed by atoms with Gasteiger partial charge in [-0.05, 0) is 48.6 Å². The predicted molar refractivity (Wildman–Crippen MR) is 64.7 cm³/mol. The number of carbonyl (C=O) groups is 1. The standard InChI is InChI=1S/C10H12INO2/c1-3-14-10-8(12)5-4-7(6(2)13)9(10)11/h4-5H,3,12H2,1-2H3. The summed E-state index contributed by atoms with van der Waals surface area (Å²) in [5, 5.41) is 0. The van der Waals surface area contributed by atoms with Crippen LogP contribution in [0.3, 0.4) is 0 Å². The van der Waals surface area contributed by atoms with Crippen molar-refractivity contribution in [2.24, 2.45) is 0 Å². The lowest BCUT2D eigenvalue weighted by molar-refractivity contribution is 0.101. The summed E-state index contributed by atoms with van der Waals surface area (Å²) >= 11 is 2.08. The van der Waals surface area contributed by atoms with Gasteiger partial charge in [-0.15, -0.1) is 0 Å². The molecule has 0 fully saturated rings. The number of Topliss-reactive ketones (excluding diaryl/α,β-unsaturated/α-hetero) is 1. The van der Waals surface area contributed by atoms with Crippen LogP contribution < -0.4 is 10.5 Å². The van der Waals surface area contributed by atoms with Gasteiger partial charge in [-0.1, -0.05) is 0 Å². The van der Waals surface area contributed by atoms with Crippen LogP contribution in [0.4, 0.5) is 5.69 Å². The smallest absolute Gasteiger partial charge is 0.161 e. The Labute approximate surface area is 96.8 Å².